The number of carboxylic acids is 1. The Labute approximate surface area is 153 Å². The van der Waals surface area contributed by atoms with Crippen LogP contribution < -0.4 is 5.32 Å². The Morgan fingerprint density at radius 3 is 2.62 bits per heavy atom. The molecule has 2 unspecified atom stereocenters. The van der Waals surface area contributed by atoms with Crippen LogP contribution in [0.1, 0.15) is 32.1 Å². The molecule has 7 nitrogen and oxygen atoms in total. The smallest absolute Gasteiger partial charge is 0.326 e. The van der Waals surface area contributed by atoms with Crippen molar-refractivity contribution in [2.24, 2.45) is 0 Å². The largest absolute Gasteiger partial charge is 0.480 e. The number of benzene rings is 1. The summed E-state index contributed by atoms with van der Waals surface area (Å²) in [4.78, 5) is 24.1. The molecule has 1 aliphatic heterocycles. The maximum absolute atomic E-state index is 12.9. The van der Waals surface area contributed by atoms with Crippen molar-refractivity contribution < 1.29 is 23.1 Å². The topological polar surface area (TPSA) is 104 Å². The fourth-order valence-electron chi connectivity index (χ4n) is 2.99. The number of carbonyl (C=O) groups excluding carboxylic acids is 1. The Morgan fingerprint density at radius 1 is 1.31 bits per heavy atom. The second kappa shape index (κ2) is 8.95. The monoisotopic (exact) mass is 380 g/mol. The van der Waals surface area contributed by atoms with Crippen molar-refractivity contribution in [3.8, 4) is 0 Å². The van der Waals surface area contributed by atoms with Gasteiger partial charge in [-0.2, -0.15) is 4.31 Å². The Bertz CT molecular complexity index is 748. The fraction of sp³-hybridized carbons (Fsp3) is 0.444. The van der Waals surface area contributed by atoms with Gasteiger partial charge in [-0.25, -0.2) is 13.2 Å². The number of sulfonamides is 1. The molecule has 1 heterocycles. The van der Waals surface area contributed by atoms with Gasteiger partial charge < -0.3 is 10.4 Å². The number of allylic oxidation sites excluding steroid dienone is 1. The summed E-state index contributed by atoms with van der Waals surface area (Å²) < 4.78 is 27.0. The van der Waals surface area contributed by atoms with Gasteiger partial charge >= 0.3 is 5.97 Å². The Balaban J connectivity index is 2.21. The molecule has 1 fully saturated rings. The van der Waals surface area contributed by atoms with Gasteiger partial charge in [0.25, 0.3) is 0 Å². The third-order valence-electron chi connectivity index (χ3n) is 4.38. The number of carboxylic acid groups (broad SMARTS) is 1. The van der Waals surface area contributed by atoms with E-state index in [9.17, 15) is 23.1 Å². The van der Waals surface area contributed by atoms with Crippen molar-refractivity contribution >= 4 is 21.9 Å². The summed E-state index contributed by atoms with van der Waals surface area (Å²) in [7, 11) is -3.82. The number of piperidine rings is 1. The van der Waals surface area contributed by atoms with E-state index in [0.29, 0.717) is 25.7 Å². The molecule has 1 aliphatic rings. The summed E-state index contributed by atoms with van der Waals surface area (Å²) in [5, 5.41) is 11.8. The predicted octanol–water partition coefficient (Wildman–Crippen LogP) is 1.77. The van der Waals surface area contributed by atoms with E-state index in [0.717, 1.165) is 0 Å². The average Bonchev–Trinajstić information content (AvgIpc) is 2.65. The third kappa shape index (κ3) is 4.70. The molecule has 1 aromatic rings. The van der Waals surface area contributed by atoms with Crippen molar-refractivity contribution in [3.05, 3.63) is 43.0 Å². The summed E-state index contributed by atoms with van der Waals surface area (Å²) in [6.45, 7) is 3.78. The minimum absolute atomic E-state index is 0.126. The van der Waals surface area contributed by atoms with Crippen LogP contribution in [-0.4, -0.2) is 48.3 Å². The van der Waals surface area contributed by atoms with Crippen LogP contribution in [-0.2, 0) is 19.6 Å². The van der Waals surface area contributed by atoms with Gasteiger partial charge in [0.2, 0.25) is 15.9 Å². The number of amides is 1. The maximum Gasteiger partial charge on any atom is 0.326 e. The van der Waals surface area contributed by atoms with Gasteiger partial charge in [-0.3, -0.25) is 4.79 Å². The normalized spacial score (nSPS) is 19.5. The molecule has 2 rings (SSSR count). The summed E-state index contributed by atoms with van der Waals surface area (Å²) >= 11 is 0. The standard InChI is InChI=1S/C18H24N2O5S/c1-2-3-11-15(18(22)23)19-17(21)16-12-7-8-13-20(16)26(24,25)14-9-5-4-6-10-14/h2,4-6,9-10,15-16H,1,3,7-8,11-13H2,(H,19,21)(H,22,23). The lowest BCUT2D eigenvalue weighted by molar-refractivity contribution is -0.142. The molecular formula is C18H24N2O5S. The lowest BCUT2D eigenvalue weighted by atomic mass is 10.0. The van der Waals surface area contributed by atoms with E-state index in [1.165, 1.54) is 16.4 Å². The van der Waals surface area contributed by atoms with E-state index in [1.54, 1.807) is 24.3 Å². The van der Waals surface area contributed by atoms with Crippen LogP contribution >= 0.6 is 0 Å². The number of nitrogens with one attached hydrogen (secondary N) is 1. The molecule has 1 aromatic carbocycles. The molecule has 0 aliphatic carbocycles. The molecule has 0 bridgehead atoms. The fourth-order valence-corrected chi connectivity index (χ4v) is 4.67. The minimum atomic E-state index is -3.82. The summed E-state index contributed by atoms with van der Waals surface area (Å²) in [6, 6.07) is 5.98. The highest BCUT2D eigenvalue weighted by Gasteiger charge is 2.38. The molecule has 8 heteroatoms. The van der Waals surface area contributed by atoms with Crippen molar-refractivity contribution in [2.75, 3.05) is 6.54 Å². The summed E-state index contributed by atoms with van der Waals surface area (Å²) in [6.07, 6.45) is 3.97. The second-order valence-corrected chi connectivity index (χ2v) is 8.10. The number of carbonyl (C=O) groups is 2. The Hall–Kier alpha value is -2.19. The second-order valence-electron chi connectivity index (χ2n) is 6.21. The zero-order chi connectivity index (χ0) is 19.2. The predicted molar refractivity (Wildman–Crippen MR) is 97.0 cm³/mol. The molecule has 0 saturated carbocycles. The van der Waals surface area contributed by atoms with Crippen LogP contribution in [0.15, 0.2) is 47.9 Å². The highest BCUT2D eigenvalue weighted by Crippen LogP contribution is 2.25. The number of hydrogen-bond acceptors (Lipinski definition) is 4. The quantitative estimate of drug-likeness (QED) is 0.669. The van der Waals surface area contributed by atoms with Crippen molar-refractivity contribution in [1.29, 1.82) is 0 Å². The first-order valence-corrected chi connectivity index (χ1v) is 10.0. The minimum Gasteiger partial charge on any atom is -0.480 e. The Morgan fingerprint density at radius 2 is 2.00 bits per heavy atom. The van der Waals surface area contributed by atoms with Gasteiger partial charge in [0.05, 0.1) is 4.90 Å². The van der Waals surface area contributed by atoms with Crippen molar-refractivity contribution in [1.82, 2.24) is 9.62 Å². The highest BCUT2D eigenvalue weighted by atomic mass is 32.2. The molecule has 1 amide bonds. The highest BCUT2D eigenvalue weighted by molar-refractivity contribution is 7.89. The number of hydrogen-bond donors (Lipinski definition) is 2. The van der Waals surface area contributed by atoms with E-state index < -0.39 is 34.0 Å². The lowest BCUT2D eigenvalue weighted by Crippen LogP contribution is -2.54. The van der Waals surface area contributed by atoms with E-state index in [1.807, 2.05) is 0 Å². The lowest BCUT2D eigenvalue weighted by Gasteiger charge is -2.34. The van der Waals surface area contributed by atoms with E-state index >= 15 is 0 Å². The van der Waals surface area contributed by atoms with Crippen LogP contribution in [0.5, 0.6) is 0 Å². The first-order valence-electron chi connectivity index (χ1n) is 8.59. The van der Waals surface area contributed by atoms with Crippen LogP contribution in [0.25, 0.3) is 0 Å². The van der Waals surface area contributed by atoms with Gasteiger partial charge in [0.1, 0.15) is 12.1 Å². The van der Waals surface area contributed by atoms with Crippen LogP contribution in [0.3, 0.4) is 0 Å². The van der Waals surface area contributed by atoms with Gasteiger partial charge in [-0.15, -0.1) is 6.58 Å². The van der Waals surface area contributed by atoms with E-state index in [-0.39, 0.29) is 17.9 Å². The maximum atomic E-state index is 12.9. The molecule has 0 aromatic heterocycles. The summed E-state index contributed by atoms with van der Waals surface area (Å²) in [5.74, 6) is -1.71. The summed E-state index contributed by atoms with van der Waals surface area (Å²) in [5.41, 5.74) is 0. The number of aliphatic carboxylic acids is 1. The zero-order valence-corrected chi connectivity index (χ0v) is 15.3. The molecule has 1 saturated heterocycles. The van der Waals surface area contributed by atoms with Crippen molar-refractivity contribution in [3.63, 3.8) is 0 Å². The molecule has 2 atom stereocenters. The third-order valence-corrected chi connectivity index (χ3v) is 6.30. The SMILES string of the molecule is C=CCCC(NC(=O)C1CCCCN1S(=O)(=O)c1ccccc1)C(=O)O. The molecule has 0 spiro atoms. The molecule has 0 radical (unpaired) electrons. The Kier molecular flexibility index (Phi) is 6.93. The first-order chi connectivity index (χ1) is 12.4. The number of rotatable bonds is 8. The number of nitrogens with zero attached hydrogens (tertiary/aromatic N) is 1. The van der Waals surface area contributed by atoms with Crippen LogP contribution in [0.2, 0.25) is 0 Å². The van der Waals surface area contributed by atoms with E-state index in [4.69, 9.17) is 0 Å². The van der Waals surface area contributed by atoms with Gasteiger partial charge in [0.15, 0.2) is 0 Å². The first kappa shape index (κ1) is 20.1. The van der Waals surface area contributed by atoms with Gasteiger partial charge in [-0.1, -0.05) is 30.7 Å². The molecule has 142 valence electrons. The van der Waals surface area contributed by atoms with Crippen molar-refractivity contribution in [2.45, 2.75) is 49.1 Å². The molecule has 26 heavy (non-hydrogen) atoms. The average molecular weight is 380 g/mol. The van der Waals surface area contributed by atoms with Gasteiger partial charge in [0, 0.05) is 6.54 Å². The van der Waals surface area contributed by atoms with Gasteiger partial charge in [-0.05, 0) is 37.8 Å². The molecular weight excluding hydrogens is 356 g/mol. The van der Waals surface area contributed by atoms with Crippen LogP contribution in [0, 0.1) is 0 Å². The van der Waals surface area contributed by atoms with Crippen LogP contribution in [0.4, 0.5) is 0 Å². The zero-order valence-electron chi connectivity index (χ0n) is 14.5. The van der Waals surface area contributed by atoms with E-state index in [2.05, 4.69) is 11.9 Å². The molecule has 2 N–H and O–H groups in total.